The van der Waals surface area contributed by atoms with E-state index in [-0.39, 0.29) is 0 Å². The third kappa shape index (κ3) is 3.22. The highest BCUT2D eigenvalue weighted by Gasteiger charge is 2.27. The molecule has 5 nitrogen and oxygen atoms in total. The Kier molecular flexibility index (Phi) is 4.10. The van der Waals surface area contributed by atoms with Crippen LogP contribution in [0.2, 0.25) is 0 Å². The predicted octanol–water partition coefficient (Wildman–Crippen LogP) is 3.30. The molecule has 2 fully saturated rings. The molecule has 2 aromatic rings. The second-order valence-electron chi connectivity index (χ2n) is 6.98. The summed E-state index contributed by atoms with van der Waals surface area (Å²) in [6, 6.07) is 8.06. The van der Waals surface area contributed by atoms with Gasteiger partial charge in [-0.1, -0.05) is 12.1 Å². The Balaban J connectivity index is 1.43. The number of carboxylic acid groups (broad SMARTS) is 1. The fourth-order valence-corrected chi connectivity index (χ4v) is 3.72. The van der Waals surface area contributed by atoms with E-state index in [0.29, 0.717) is 17.5 Å². The van der Waals surface area contributed by atoms with Crippen molar-refractivity contribution in [3.63, 3.8) is 0 Å². The summed E-state index contributed by atoms with van der Waals surface area (Å²) in [5.74, 6) is 0.795. The number of hydrogen-bond donors (Lipinski definition) is 1. The standard InChI is InChI=1S/C19H23N3O2/c23-19(24)15-5-3-14(4-6-15)16-2-1-10-21(12-16)13-18-20-9-11-22(18)17-7-8-17/h3-6,9,11,16-17H,1-2,7-8,10,12-13H2,(H,23,24)/t16-/m1/s1. The molecule has 2 heterocycles. The zero-order valence-electron chi connectivity index (χ0n) is 13.8. The number of rotatable bonds is 5. The van der Waals surface area contributed by atoms with E-state index in [0.717, 1.165) is 19.6 Å². The summed E-state index contributed by atoms with van der Waals surface area (Å²) in [4.78, 5) is 18.0. The number of piperidine rings is 1. The van der Waals surface area contributed by atoms with Gasteiger partial charge in [-0.05, 0) is 55.8 Å². The van der Waals surface area contributed by atoms with Gasteiger partial charge in [0, 0.05) is 25.0 Å². The molecule has 0 spiro atoms. The maximum atomic E-state index is 11.0. The molecule has 1 aromatic heterocycles. The van der Waals surface area contributed by atoms with Gasteiger partial charge in [0.15, 0.2) is 0 Å². The van der Waals surface area contributed by atoms with E-state index < -0.39 is 5.97 Å². The lowest BCUT2D eigenvalue weighted by Crippen LogP contribution is -2.34. The molecule has 1 aliphatic carbocycles. The van der Waals surface area contributed by atoms with Gasteiger partial charge in [-0.3, -0.25) is 4.90 Å². The SMILES string of the molecule is O=C(O)c1ccc([C@@H]2CCCN(Cc3nccn3C3CC3)C2)cc1. The molecule has 126 valence electrons. The number of carbonyl (C=O) groups is 1. The summed E-state index contributed by atoms with van der Waals surface area (Å²) < 4.78 is 2.34. The molecule has 1 aliphatic heterocycles. The fourth-order valence-electron chi connectivity index (χ4n) is 3.72. The summed E-state index contributed by atoms with van der Waals surface area (Å²) in [6.07, 6.45) is 8.93. The molecular weight excluding hydrogens is 302 g/mol. The third-order valence-corrected chi connectivity index (χ3v) is 5.19. The Morgan fingerprint density at radius 1 is 1.21 bits per heavy atom. The van der Waals surface area contributed by atoms with Gasteiger partial charge in [-0.2, -0.15) is 0 Å². The first-order valence-electron chi connectivity index (χ1n) is 8.78. The fraction of sp³-hybridized carbons (Fsp3) is 0.474. The first-order valence-corrected chi connectivity index (χ1v) is 8.78. The molecular formula is C19H23N3O2. The second kappa shape index (κ2) is 6.40. The van der Waals surface area contributed by atoms with Crippen LogP contribution in [0.25, 0.3) is 0 Å². The number of likely N-dealkylation sites (tertiary alicyclic amines) is 1. The van der Waals surface area contributed by atoms with Gasteiger partial charge in [0.25, 0.3) is 0 Å². The molecule has 4 rings (SSSR count). The van der Waals surface area contributed by atoms with E-state index in [1.54, 1.807) is 12.1 Å². The van der Waals surface area contributed by atoms with Crippen molar-refractivity contribution in [1.82, 2.24) is 14.5 Å². The molecule has 5 heteroatoms. The minimum absolute atomic E-state index is 0.359. The van der Waals surface area contributed by atoms with Crippen molar-refractivity contribution < 1.29 is 9.90 Å². The number of hydrogen-bond acceptors (Lipinski definition) is 3. The Hall–Kier alpha value is -2.14. The molecule has 0 amide bonds. The monoisotopic (exact) mass is 325 g/mol. The van der Waals surface area contributed by atoms with Crippen LogP contribution in [0.15, 0.2) is 36.7 Å². The molecule has 0 unspecified atom stereocenters. The average Bonchev–Trinajstić information content (AvgIpc) is 3.35. The van der Waals surface area contributed by atoms with Gasteiger partial charge in [-0.15, -0.1) is 0 Å². The quantitative estimate of drug-likeness (QED) is 0.916. The minimum atomic E-state index is -0.862. The van der Waals surface area contributed by atoms with E-state index in [1.165, 1.54) is 37.1 Å². The number of aromatic nitrogens is 2. The van der Waals surface area contributed by atoms with Gasteiger partial charge in [0.05, 0.1) is 12.1 Å². The molecule has 1 N–H and O–H groups in total. The normalized spacial score (nSPS) is 21.8. The molecule has 24 heavy (non-hydrogen) atoms. The summed E-state index contributed by atoms with van der Waals surface area (Å²) in [7, 11) is 0. The van der Waals surface area contributed by atoms with Gasteiger partial charge in [-0.25, -0.2) is 9.78 Å². The number of benzene rings is 1. The van der Waals surface area contributed by atoms with Crippen molar-refractivity contribution in [2.45, 2.75) is 44.2 Å². The van der Waals surface area contributed by atoms with Gasteiger partial charge >= 0.3 is 5.97 Å². The zero-order chi connectivity index (χ0) is 16.5. The molecule has 0 radical (unpaired) electrons. The van der Waals surface area contributed by atoms with E-state index in [9.17, 15) is 4.79 Å². The molecule has 1 aromatic carbocycles. The maximum Gasteiger partial charge on any atom is 0.335 e. The second-order valence-corrected chi connectivity index (χ2v) is 6.98. The van der Waals surface area contributed by atoms with Crippen molar-refractivity contribution >= 4 is 5.97 Å². The molecule has 2 aliphatic rings. The van der Waals surface area contributed by atoms with Crippen LogP contribution in [0.5, 0.6) is 0 Å². The van der Waals surface area contributed by atoms with Crippen LogP contribution in [0, 0.1) is 0 Å². The minimum Gasteiger partial charge on any atom is -0.478 e. The highest BCUT2D eigenvalue weighted by molar-refractivity contribution is 5.87. The van der Waals surface area contributed by atoms with Crippen LogP contribution in [0.3, 0.4) is 0 Å². The number of nitrogens with zero attached hydrogens (tertiary/aromatic N) is 3. The Bertz CT molecular complexity index is 718. The smallest absolute Gasteiger partial charge is 0.335 e. The molecule has 1 atom stereocenters. The summed E-state index contributed by atoms with van der Waals surface area (Å²) in [6.45, 7) is 3.04. The topological polar surface area (TPSA) is 58.4 Å². The van der Waals surface area contributed by atoms with Gasteiger partial charge in [0.2, 0.25) is 0 Å². The lowest BCUT2D eigenvalue weighted by atomic mass is 9.90. The van der Waals surface area contributed by atoms with Crippen molar-refractivity contribution in [2.24, 2.45) is 0 Å². The van der Waals surface area contributed by atoms with E-state index >= 15 is 0 Å². The predicted molar refractivity (Wildman–Crippen MR) is 91.2 cm³/mol. The van der Waals surface area contributed by atoms with Crippen LogP contribution in [-0.4, -0.2) is 38.6 Å². The highest BCUT2D eigenvalue weighted by atomic mass is 16.4. The largest absolute Gasteiger partial charge is 0.478 e. The van der Waals surface area contributed by atoms with Crippen molar-refractivity contribution in [2.75, 3.05) is 13.1 Å². The third-order valence-electron chi connectivity index (χ3n) is 5.19. The lowest BCUT2D eigenvalue weighted by molar-refractivity contribution is 0.0697. The Morgan fingerprint density at radius 3 is 2.71 bits per heavy atom. The van der Waals surface area contributed by atoms with E-state index in [4.69, 9.17) is 5.11 Å². The number of carboxylic acids is 1. The van der Waals surface area contributed by atoms with Gasteiger partial charge < -0.3 is 9.67 Å². The first-order chi connectivity index (χ1) is 11.7. The highest BCUT2D eigenvalue weighted by Crippen LogP contribution is 2.36. The molecule has 0 bridgehead atoms. The summed E-state index contributed by atoms with van der Waals surface area (Å²) in [5.41, 5.74) is 1.60. The van der Waals surface area contributed by atoms with Crippen molar-refractivity contribution in [3.8, 4) is 0 Å². The first kappa shape index (κ1) is 15.4. The average molecular weight is 325 g/mol. The van der Waals surface area contributed by atoms with Gasteiger partial charge in [0.1, 0.15) is 5.82 Å². The Labute approximate surface area is 141 Å². The zero-order valence-corrected chi connectivity index (χ0v) is 13.8. The van der Waals surface area contributed by atoms with Crippen LogP contribution >= 0.6 is 0 Å². The maximum absolute atomic E-state index is 11.0. The molecule has 1 saturated carbocycles. The van der Waals surface area contributed by atoms with Crippen LogP contribution < -0.4 is 0 Å². The lowest BCUT2D eigenvalue weighted by Gasteiger charge is -2.33. The molecule has 1 saturated heterocycles. The van der Waals surface area contributed by atoms with Crippen molar-refractivity contribution in [1.29, 1.82) is 0 Å². The Morgan fingerprint density at radius 2 is 2.00 bits per heavy atom. The van der Waals surface area contributed by atoms with Crippen LogP contribution in [-0.2, 0) is 6.54 Å². The van der Waals surface area contributed by atoms with Crippen LogP contribution in [0.1, 0.15) is 59.4 Å². The number of imidazole rings is 1. The number of aromatic carboxylic acids is 1. The van der Waals surface area contributed by atoms with E-state index in [1.807, 2.05) is 18.3 Å². The van der Waals surface area contributed by atoms with Crippen molar-refractivity contribution in [3.05, 3.63) is 53.6 Å². The van der Waals surface area contributed by atoms with E-state index in [2.05, 4.69) is 20.6 Å². The van der Waals surface area contributed by atoms with Crippen LogP contribution in [0.4, 0.5) is 0 Å². The summed E-state index contributed by atoms with van der Waals surface area (Å²) in [5, 5.41) is 9.03. The summed E-state index contributed by atoms with van der Waals surface area (Å²) >= 11 is 0.